The number of rotatable bonds is 2. The Labute approximate surface area is 107 Å². The highest BCUT2D eigenvalue weighted by Gasteiger charge is 2.30. The molecular weight excluding hydrogens is 234 g/mol. The summed E-state index contributed by atoms with van der Waals surface area (Å²) in [5, 5.41) is 10.3. The first-order chi connectivity index (χ1) is 8.47. The average Bonchev–Trinajstić information content (AvgIpc) is 2.30. The summed E-state index contributed by atoms with van der Waals surface area (Å²) in [6.45, 7) is 4.39. The van der Waals surface area contributed by atoms with E-state index < -0.39 is 17.7 Å². The Hall–Kier alpha value is -0.960. The maximum absolute atomic E-state index is 13.1. The van der Waals surface area contributed by atoms with E-state index in [9.17, 15) is 13.9 Å². The van der Waals surface area contributed by atoms with Crippen molar-refractivity contribution in [2.75, 3.05) is 0 Å². The Bertz CT molecular complexity index is 399. The van der Waals surface area contributed by atoms with E-state index in [2.05, 4.69) is 13.8 Å². The molecule has 1 saturated carbocycles. The topological polar surface area (TPSA) is 20.2 Å². The Kier molecular flexibility index (Phi) is 4.00. The van der Waals surface area contributed by atoms with E-state index in [1.54, 1.807) is 0 Å². The number of hydrogen-bond donors (Lipinski definition) is 1. The molecule has 1 aliphatic carbocycles. The molecule has 3 heteroatoms. The van der Waals surface area contributed by atoms with Gasteiger partial charge in [0.2, 0.25) is 0 Å². The predicted octanol–water partition coefficient (Wildman–Crippen LogP) is 4.07. The molecule has 18 heavy (non-hydrogen) atoms. The molecule has 0 aliphatic heterocycles. The molecule has 0 radical (unpaired) electrons. The molecule has 1 nitrogen and oxygen atoms in total. The van der Waals surface area contributed by atoms with E-state index >= 15 is 0 Å². The first kappa shape index (κ1) is 13.5. The third kappa shape index (κ3) is 2.89. The summed E-state index contributed by atoms with van der Waals surface area (Å²) in [6, 6.07) is 3.30. The second-order valence-corrected chi connectivity index (χ2v) is 5.68. The predicted molar refractivity (Wildman–Crippen MR) is 67.0 cm³/mol. The fourth-order valence-electron chi connectivity index (χ4n) is 2.89. The zero-order chi connectivity index (χ0) is 13.3. The first-order valence-corrected chi connectivity index (χ1v) is 6.61. The molecule has 0 aromatic heterocycles. The zero-order valence-electron chi connectivity index (χ0n) is 10.9. The van der Waals surface area contributed by atoms with Gasteiger partial charge in [0, 0.05) is 6.07 Å². The van der Waals surface area contributed by atoms with E-state index in [4.69, 9.17) is 0 Å². The lowest BCUT2D eigenvalue weighted by atomic mass is 9.73. The van der Waals surface area contributed by atoms with Crippen LogP contribution < -0.4 is 0 Å². The van der Waals surface area contributed by atoms with Crippen LogP contribution in [-0.4, -0.2) is 5.11 Å². The minimum atomic E-state index is -0.759. The molecule has 1 N–H and O–H groups in total. The fraction of sp³-hybridized carbons (Fsp3) is 0.600. The summed E-state index contributed by atoms with van der Waals surface area (Å²) in [6.07, 6.45) is 2.15. The molecule has 1 aromatic rings. The first-order valence-electron chi connectivity index (χ1n) is 6.61. The van der Waals surface area contributed by atoms with E-state index in [1.807, 2.05) is 0 Å². The van der Waals surface area contributed by atoms with E-state index in [1.165, 1.54) is 12.1 Å². The second-order valence-electron chi connectivity index (χ2n) is 5.68. The average molecular weight is 254 g/mol. The third-order valence-corrected chi connectivity index (χ3v) is 4.31. The summed E-state index contributed by atoms with van der Waals surface area (Å²) >= 11 is 0. The van der Waals surface area contributed by atoms with Crippen molar-refractivity contribution in [2.45, 2.75) is 39.2 Å². The molecule has 4 atom stereocenters. The van der Waals surface area contributed by atoms with E-state index in [0.717, 1.165) is 25.3 Å². The van der Waals surface area contributed by atoms with Gasteiger partial charge in [-0.2, -0.15) is 0 Å². The van der Waals surface area contributed by atoms with Gasteiger partial charge in [-0.1, -0.05) is 20.3 Å². The van der Waals surface area contributed by atoms with Crippen molar-refractivity contribution in [1.82, 2.24) is 0 Å². The van der Waals surface area contributed by atoms with Crippen LogP contribution in [0, 0.1) is 29.4 Å². The Balaban J connectivity index is 2.13. The molecule has 0 spiro atoms. The quantitative estimate of drug-likeness (QED) is 0.843. The van der Waals surface area contributed by atoms with Crippen molar-refractivity contribution in [3.8, 4) is 0 Å². The molecule has 0 amide bonds. The maximum Gasteiger partial charge on any atom is 0.126 e. The van der Waals surface area contributed by atoms with Crippen molar-refractivity contribution >= 4 is 0 Å². The highest BCUT2D eigenvalue weighted by atomic mass is 19.1. The normalized spacial score (nSPS) is 30.2. The molecule has 0 bridgehead atoms. The number of halogens is 2. The van der Waals surface area contributed by atoms with Crippen LogP contribution in [0.5, 0.6) is 0 Å². The minimum absolute atomic E-state index is 0.109. The molecule has 1 aliphatic rings. The van der Waals surface area contributed by atoms with Crippen LogP contribution in [0.2, 0.25) is 0 Å². The number of hydrogen-bond acceptors (Lipinski definition) is 1. The number of aliphatic hydroxyl groups excluding tert-OH is 1. The zero-order valence-corrected chi connectivity index (χ0v) is 10.9. The van der Waals surface area contributed by atoms with Gasteiger partial charge in [-0.05, 0) is 48.3 Å². The lowest BCUT2D eigenvalue weighted by Crippen LogP contribution is -2.25. The third-order valence-electron chi connectivity index (χ3n) is 4.31. The second kappa shape index (κ2) is 5.35. The van der Waals surface area contributed by atoms with Crippen molar-refractivity contribution in [3.63, 3.8) is 0 Å². The molecular formula is C15H20F2O. The van der Waals surface area contributed by atoms with Gasteiger partial charge >= 0.3 is 0 Å². The largest absolute Gasteiger partial charge is 0.388 e. The van der Waals surface area contributed by atoms with Crippen molar-refractivity contribution in [3.05, 3.63) is 35.4 Å². The van der Waals surface area contributed by atoms with Crippen LogP contribution >= 0.6 is 0 Å². The lowest BCUT2D eigenvalue weighted by molar-refractivity contribution is 0.0557. The minimum Gasteiger partial charge on any atom is -0.388 e. The SMILES string of the molecule is CC1CCC(C(O)c2cc(F)cc(F)c2)CC1C. The summed E-state index contributed by atoms with van der Waals surface area (Å²) in [5.41, 5.74) is 0.360. The van der Waals surface area contributed by atoms with Gasteiger partial charge in [-0.15, -0.1) is 0 Å². The van der Waals surface area contributed by atoms with Crippen LogP contribution in [0.25, 0.3) is 0 Å². The van der Waals surface area contributed by atoms with Gasteiger partial charge in [-0.25, -0.2) is 8.78 Å². The lowest BCUT2D eigenvalue weighted by Gasteiger charge is -2.34. The number of benzene rings is 1. The molecule has 0 saturated heterocycles. The number of aliphatic hydroxyl groups is 1. The van der Waals surface area contributed by atoms with Crippen molar-refractivity contribution in [2.24, 2.45) is 17.8 Å². The van der Waals surface area contributed by atoms with Gasteiger partial charge in [0.05, 0.1) is 6.10 Å². The summed E-state index contributed by atoms with van der Waals surface area (Å²) < 4.78 is 26.3. The van der Waals surface area contributed by atoms with Crippen molar-refractivity contribution < 1.29 is 13.9 Å². The smallest absolute Gasteiger partial charge is 0.126 e. The monoisotopic (exact) mass is 254 g/mol. The Morgan fingerprint density at radius 1 is 1.06 bits per heavy atom. The standard InChI is InChI=1S/C15H20F2O/c1-9-3-4-11(5-10(9)2)15(18)12-6-13(16)8-14(17)7-12/h6-11,15,18H,3-5H2,1-2H3. The molecule has 1 aromatic carbocycles. The fourth-order valence-corrected chi connectivity index (χ4v) is 2.89. The Morgan fingerprint density at radius 2 is 1.67 bits per heavy atom. The summed E-state index contributed by atoms with van der Waals surface area (Å²) in [4.78, 5) is 0. The van der Waals surface area contributed by atoms with Crippen LogP contribution in [-0.2, 0) is 0 Å². The van der Waals surface area contributed by atoms with Gasteiger partial charge in [-0.3, -0.25) is 0 Å². The Morgan fingerprint density at radius 3 is 2.22 bits per heavy atom. The molecule has 2 rings (SSSR count). The van der Waals surface area contributed by atoms with Crippen LogP contribution in [0.1, 0.15) is 44.8 Å². The highest BCUT2D eigenvalue weighted by molar-refractivity contribution is 5.21. The molecule has 100 valence electrons. The van der Waals surface area contributed by atoms with Gasteiger partial charge in [0.25, 0.3) is 0 Å². The maximum atomic E-state index is 13.1. The van der Waals surface area contributed by atoms with Crippen LogP contribution in [0.15, 0.2) is 18.2 Å². The van der Waals surface area contributed by atoms with Crippen molar-refractivity contribution in [1.29, 1.82) is 0 Å². The van der Waals surface area contributed by atoms with E-state index in [-0.39, 0.29) is 5.92 Å². The summed E-state index contributed by atoms with van der Waals surface area (Å²) in [7, 11) is 0. The van der Waals surface area contributed by atoms with Gasteiger partial charge in [0.1, 0.15) is 11.6 Å². The van der Waals surface area contributed by atoms with Crippen LogP contribution in [0.3, 0.4) is 0 Å². The van der Waals surface area contributed by atoms with Gasteiger partial charge in [0.15, 0.2) is 0 Å². The molecule has 0 heterocycles. The van der Waals surface area contributed by atoms with E-state index in [0.29, 0.717) is 17.4 Å². The summed E-state index contributed by atoms with van der Waals surface area (Å²) in [5.74, 6) is 0.0782. The highest BCUT2D eigenvalue weighted by Crippen LogP contribution is 2.39. The van der Waals surface area contributed by atoms with Crippen LogP contribution in [0.4, 0.5) is 8.78 Å². The van der Waals surface area contributed by atoms with Gasteiger partial charge < -0.3 is 5.11 Å². The molecule has 4 unspecified atom stereocenters. The molecule has 1 fully saturated rings.